The first-order valence-electron chi connectivity index (χ1n) is 7.65. The van der Waals surface area contributed by atoms with Gasteiger partial charge in [-0.15, -0.1) is 0 Å². The molecule has 0 atom stereocenters. The highest BCUT2D eigenvalue weighted by Gasteiger charge is 2.28. The van der Waals surface area contributed by atoms with Crippen LogP contribution < -0.4 is 4.90 Å². The van der Waals surface area contributed by atoms with Gasteiger partial charge < -0.3 is 4.90 Å². The van der Waals surface area contributed by atoms with Crippen LogP contribution in [0.2, 0.25) is 5.02 Å². The van der Waals surface area contributed by atoms with Gasteiger partial charge in [0.1, 0.15) is 5.82 Å². The number of benzene rings is 2. The van der Waals surface area contributed by atoms with Crippen LogP contribution in [0.25, 0.3) is 0 Å². The number of rotatable bonds is 3. The van der Waals surface area contributed by atoms with Gasteiger partial charge in [0.25, 0.3) is 0 Å². The van der Waals surface area contributed by atoms with E-state index in [0.717, 1.165) is 11.3 Å². The topological polar surface area (TPSA) is 40.6 Å². The summed E-state index contributed by atoms with van der Waals surface area (Å²) in [4.78, 5) is 2.33. The zero-order valence-corrected chi connectivity index (χ0v) is 14.8. The summed E-state index contributed by atoms with van der Waals surface area (Å²) in [7, 11) is -3.48. The molecule has 0 aromatic heterocycles. The van der Waals surface area contributed by atoms with Crippen LogP contribution in [0.3, 0.4) is 0 Å². The van der Waals surface area contributed by atoms with Gasteiger partial charge in [0.2, 0.25) is 10.0 Å². The smallest absolute Gasteiger partial charge is 0.243 e. The fourth-order valence-corrected chi connectivity index (χ4v) is 4.50. The Morgan fingerprint density at radius 1 is 1.04 bits per heavy atom. The first-order chi connectivity index (χ1) is 11.4. The van der Waals surface area contributed by atoms with Crippen molar-refractivity contribution >= 4 is 27.3 Å². The van der Waals surface area contributed by atoms with Gasteiger partial charge in [0, 0.05) is 31.9 Å². The van der Waals surface area contributed by atoms with Gasteiger partial charge in [0.05, 0.1) is 9.92 Å². The Balaban J connectivity index is 1.73. The van der Waals surface area contributed by atoms with E-state index < -0.39 is 15.8 Å². The van der Waals surface area contributed by atoms with Crippen molar-refractivity contribution in [3.8, 4) is 0 Å². The van der Waals surface area contributed by atoms with Gasteiger partial charge in [-0.1, -0.05) is 23.7 Å². The van der Waals surface area contributed by atoms with Crippen molar-refractivity contribution in [1.29, 1.82) is 0 Å². The molecule has 0 saturated carbocycles. The van der Waals surface area contributed by atoms with E-state index in [4.69, 9.17) is 11.6 Å². The van der Waals surface area contributed by atoms with Crippen molar-refractivity contribution in [2.24, 2.45) is 0 Å². The van der Waals surface area contributed by atoms with Gasteiger partial charge in [0.15, 0.2) is 0 Å². The fraction of sp³-hybridized carbons (Fsp3) is 0.294. The Hall–Kier alpha value is -1.63. The first kappa shape index (κ1) is 17.2. The summed E-state index contributed by atoms with van der Waals surface area (Å²) in [5.74, 6) is -0.457. The summed E-state index contributed by atoms with van der Waals surface area (Å²) >= 11 is 5.82. The summed E-state index contributed by atoms with van der Waals surface area (Å²) in [5.41, 5.74) is 1.71. The van der Waals surface area contributed by atoms with E-state index in [1.54, 1.807) is 30.3 Å². The number of hydrogen-bond donors (Lipinski definition) is 0. The van der Waals surface area contributed by atoms with Crippen LogP contribution in [-0.2, 0) is 10.0 Å². The second-order valence-corrected chi connectivity index (χ2v) is 8.15. The van der Waals surface area contributed by atoms with Crippen LogP contribution in [0.1, 0.15) is 5.56 Å². The number of anilines is 1. The Kier molecular flexibility index (Phi) is 4.80. The van der Waals surface area contributed by atoms with Gasteiger partial charge in [-0.2, -0.15) is 4.31 Å². The van der Waals surface area contributed by atoms with E-state index in [1.807, 2.05) is 17.9 Å². The maximum absolute atomic E-state index is 13.3. The number of sulfonamides is 1. The standard InChI is InChI=1S/C17H18ClFN2O2S/c1-13-3-2-4-15(11-13)24(22,23)21-9-7-20(8-10-21)14-5-6-17(19)16(18)12-14/h2-6,11-12H,7-10H2,1H3. The average Bonchev–Trinajstić information content (AvgIpc) is 2.57. The summed E-state index contributed by atoms with van der Waals surface area (Å²) < 4.78 is 40.2. The SMILES string of the molecule is Cc1cccc(S(=O)(=O)N2CCN(c3ccc(F)c(Cl)c3)CC2)c1. The molecule has 0 radical (unpaired) electrons. The van der Waals surface area contributed by atoms with Crippen LogP contribution >= 0.6 is 11.6 Å². The minimum absolute atomic E-state index is 0.0716. The van der Waals surface area contributed by atoms with Gasteiger partial charge >= 0.3 is 0 Å². The first-order valence-corrected chi connectivity index (χ1v) is 9.46. The van der Waals surface area contributed by atoms with Crippen LogP contribution in [0.15, 0.2) is 47.4 Å². The molecule has 128 valence electrons. The lowest BCUT2D eigenvalue weighted by Crippen LogP contribution is -2.48. The number of piperazine rings is 1. The number of halogens is 2. The lowest BCUT2D eigenvalue weighted by atomic mass is 10.2. The van der Waals surface area contributed by atoms with Crippen molar-refractivity contribution in [2.45, 2.75) is 11.8 Å². The van der Waals surface area contributed by atoms with Crippen molar-refractivity contribution < 1.29 is 12.8 Å². The maximum Gasteiger partial charge on any atom is 0.243 e. The number of hydrogen-bond acceptors (Lipinski definition) is 3. The molecule has 0 amide bonds. The minimum Gasteiger partial charge on any atom is -0.369 e. The molecule has 1 aliphatic rings. The van der Waals surface area contributed by atoms with Crippen LogP contribution in [-0.4, -0.2) is 38.9 Å². The van der Waals surface area contributed by atoms with E-state index in [2.05, 4.69) is 0 Å². The van der Waals surface area contributed by atoms with E-state index in [1.165, 1.54) is 10.4 Å². The van der Waals surface area contributed by atoms with E-state index >= 15 is 0 Å². The van der Waals surface area contributed by atoms with Gasteiger partial charge in [-0.05, 0) is 42.8 Å². The predicted molar refractivity (Wildman–Crippen MR) is 93.6 cm³/mol. The molecular weight excluding hydrogens is 351 g/mol. The summed E-state index contributed by atoms with van der Waals surface area (Å²) in [6.45, 7) is 3.70. The van der Waals surface area contributed by atoms with Crippen LogP contribution in [0, 0.1) is 12.7 Å². The molecular formula is C17H18ClFN2O2S. The molecule has 1 fully saturated rings. The summed E-state index contributed by atoms with van der Waals surface area (Å²) in [6.07, 6.45) is 0. The molecule has 7 heteroatoms. The number of nitrogens with zero attached hydrogens (tertiary/aromatic N) is 2. The Morgan fingerprint density at radius 2 is 1.75 bits per heavy atom. The van der Waals surface area contributed by atoms with Crippen LogP contribution in [0.4, 0.5) is 10.1 Å². The molecule has 0 bridgehead atoms. The van der Waals surface area contributed by atoms with E-state index in [9.17, 15) is 12.8 Å². The fourth-order valence-electron chi connectivity index (χ4n) is 2.79. The molecule has 1 aliphatic heterocycles. The highest BCUT2D eigenvalue weighted by molar-refractivity contribution is 7.89. The lowest BCUT2D eigenvalue weighted by Gasteiger charge is -2.35. The molecule has 3 rings (SSSR count). The van der Waals surface area contributed by atoms with E-state index in [0.29, 0.717) is 31.1 Å². The molecule has 1 heterocycles. The average molecular weight is 369 g/mol. The molecule has 0 N–H and O–H groups in total. The second kappa shape index (κ2) is 6.70. The third-order valence-electron chi connectivity index (χ3n) is 4.13. The minimum atomic E-state index is -3.48. The summed E-state index contributed by atoms with van der Waals surface area (Å²) in [6, 6.07) is 11.5. The zero-order chi connectivity index (χ0) is 17.3. The zero-order valence-electron chi connectivity index (χ0n) is 13.2. The highest BCUT2D eigenvalue weighted by atomic mass is 35.5. The molecule has 4 nitrogen and oxygen atoms in total. The molecule has 2 aromatic rings. The predicted octanol–water partition coefficient (Wildman–Crippen LogP) is 3.30. The van der Waals surface area contributed by atoms with Crippen molar-refractivity contribution in [1.82, 2.24) is 4.31 Å². The molecule has 0 aliphatic carbocycles. The largest absolute Gasteiger partial charge is 0.369 e. The lowest BCUT2D eigenvalue weighted by molar-refractivity contribution is 0.385. The molecule has 24 heavy (non-hydrogen) atoms. The third-order valence-corrected chi connectivity index (χ3v) is 6.32. The summed E-state index contributed by atoms with van der Waals surface area (Å²) in [5, 5.41) is 0.0716. The van der Waals surface area contributed by atoms with Crippen LogP contribution in [0.5, 0.6) is 0 Å². The number of aryl methyl sites for hydroxylation is 1. The molecule has 1 saturated heterocycles. The Labute approximate surface area is 146 Å². The Morgan fingerprint density at radius 3 is 2.38 bits per heavy atom. The maximum atomic E-state index is 13.3. The van der Waals surface area contributed by atoms with Gasteiger partial charge in [-0.3, -0.25) is 0 Å². The second-order valence-electron chi connectivity index (χ2n) is 5.81. The normalized spacial score (nSPS) is 16.4. The monoisotopic (exact) mass is 368 g/mol. The highest BCUT2D eigenvalue weighted by Crippen LogP contribution is 2.25. The van der Waals surface area contributed by atoms with Crippen molar-refractivity contribution in [3.63, 3.8) is 0 Å². The quantitative estimate of drug-likeness (QED) is 0.834. The van der Waals surface area contributed by atoms with E-state index in [-0.39, 0.29) is 5.02 Å². The molecule has 0 spiro atoms. The Bertz CT molecular complexity index is 849. The molecule has 0 unspecified atom stereocenters. The van der Waals surface area contributed by atoms with Crippen molar-refractivity contribution in [2.75, 3.05) is 31.1 Å². The molecule has 2 aromatic carbocycles. The third kappa shape index (κ3) is 3.41. The van der Waals surface area contributed by atoms with Gasteiger partial charge in [-0.25, -0.2) is 12.8 Å². The van der Waals surface area contributed by atoms with Crippen molar-refractivity contribution in [3.05, 3.63) is 58.9 Å².